The van der Waals surface area contributed by atoms with Crippen LogP contribution in [-0.4, -0.2) is 10.8 Å². The molecular formula is C10H5Cl2NOS. The van der Waals surface area contributed by atoms with E-state index in [0.29, 0.717) is 9.90 Å². The minimum Gasteiger partial charge on any atom is -0.286 e. The van der Waals surface area contributed by atoms with Gasteiger partial charge in [-0.2, -0.15) is 0 Å². The van der Waals surface area contributed by atoms with Gasteiger partial charge in [-0.25, -0.2) is 4.98 Å². The maximum absolute atomic E-state index is 11.9. The molecule has 0 atom stereocenters. The van der Waals surface area contributed by atoms with Gasteiger partial charge in [0.25, 0.3) is 0 Å². The normalized spacial score (nSPS) is 10.3. The van der Waals surface area contributed by atoms with Crippen LogP contribution in [0.4, 0.5) is 0 Å². The van der Waals surface area contributed by atoms with Crippen molar-refractivity contribution in [2.45, 2.75) is 0 Å². The zero-order valence-electron chi connectivity index (χ0n) is 7.41. The fourth-order valence-corrected chi connectivity index (χ4v) is 2.24. The van der Waals surface area contributed by atoms with Gasteiger partial charge in [0.2, 0.25) is 5.78 Å². The van der Waals surface area contributed by atoms with Crippen LogP contribution >= 0.6 is 34.5 Å². The minimum atomic E-state index is -0.174. The number of hydrogen-bond acceptors (Lipinski definition) is 3. The average Bonchev–Trinajstić information content (AvgIpc) is 2.69. The number of carbonyl (C=O) groups is 1. The summed E-state index contributed by atoms with van der Waals surface area (Å²) in [6.45, 7) is 0. The maximum Gasteiger partial charge on any atom is 0.222 e. The fraction of sp³-hybridized carbons (Fsp3) is 0. The Morgan fingerprint density at radius 2 is 2.20 bits per heavy atom. The second-order valence-corrected chi connectivity index (χ2v) is 4.58. The molecule has 0 N–H and O–H groups in total. The van der Waals surface area contributed by atoms with Crippen LogP contribution in [0.1, 0.15) is 15.4 Å². The first-order valence-corrected chi connectivity index (χ1v) is 5.71. The number of halogens is 2. The van der Waals surface area contributed by atoms with Gasteiger partial charge in [0.05, 0.1) is 14.9 Å². The van der Waals surface area contributed by atoms with Crippen LogP contribution in [0, 0.1) is 0 Å². The molecule has 0 aliphatic carbocycles. The third kappa shape index (κ3) is 2.20. The van der Waals surface area contributed by atoms with E-state index in [1.807, 2.05) is 11.4 Å². The quantitative estimate of drug-likeness (QED) is 0.769. The van der Waals surface area contributed by atoms with Gasteiger partial charge in [-0.05, 0) is 17.5 Å². The number of nitrogens with zero attached hydrogens (tertiary/aromatic N) is 1. The Morgan fingerprint density at radius 3 is 2.80 bits per heavy atom. The van der Waals surface area contributed by atoms with Gasteiger partial charge in [-0.15, -0.1) is 11.3 Å². The molecule has 2 aromatic heterocycles. The number of rotatable bonds is 2. The molecule has 2 nitrogen and oxygen atoms in total. The number of thiophene rings is 1. The third-order valence-electron chi connectivity index (χ3n) is 1.77. The van der Waals surface area contributed by atoms with Crippen molar-refractivity contribution in [2.75, 3.05) is 0 Å². The first-order valence-electron chi connectivity index (χ1n) is 4.08. The van der Waals surface area contributed by atoms with E-state index in [-0.39, 0.29) is 16.5 Å². The lowest BCUT2D eigenvalue weighted by molar-refractivity contribution is 0.103. The summed E-state index contributed by atoms with van der Waals surface area (Å²) in [6, 6.07) is 5.05. The summed E-state index contributed by atoms with van der Waals surface area (Å²) in [4.78, 5) is 16.4. The summed E-state index contributed by atoms with van der Waals surface area (Å²) in [5, 5.41) is 2.53. The van der Waals surface area contributed by atoms with Crippen LogP contribution in [0.3, 0.4) is 0 Å². The first kappa shape index (κ1) is 10.6. The van der Waals surface area contributed by atoms with Gasteiger partial charge in [0.1, 0.15) is 5.69 Å². The minimum absolute atomic E-state index is 0.174. The lowest BCUT2D eigenvalue weighted by Gasteiger charge is -2.00. The van der Waals surface area contributed by atoms with Gasteiger partial charge in [-0.1, -0.05) is 29.3 Å². The smallest absolute Gasteiger partial charge is 0.222 e. The zero-order valence-corrected chi connectivity index (χ0v) is 9.73. The van der Waals surface area contributed by atoms with Crippen LogP contribution < -0.4 is 0 Å². The molecule has 0 fully saturated rings. The third-order valence-corrected chi connectivity index (χ3v) is 3.13. The van der Waals surface area contributed by atoms with Gasteiger partial charge in [-0.3, -0.25) is 4.79 Å². The van der Waals surface area contributed by atoms with E-state index in [4.69, 9.17) is 23.2 Å². The second-order valence-electron chi connectivity index (χ2n) is 2.79. The summed E-state index contributed by atoms with van der Waals surface area (Å²) >= 11 is 12.9. The highest BCUT2D eigenvalue weighted by Crippen LogP contribution is 2.22. The lowest BCUT2D eigenvalue weighted by atomic mass is 10.2. The van der Waals surface area contributed by atoms with Gasteiger partial charge in [0.15, 0.2) is 0 Å². The zero-order chi connectivity index (χ0) is 10.8. The summed E-state index contributed by atoms with van der Waals surface area (Å²) in [7, 11) is 0. The van der Waals surface area contributed by atoms with Crippen LogP contribution in [0.5, 0.6) is 0 Å². The molecule has 0 bridgehead atoms. The Morgan fingerprint density at radius 1 is 1.40 bits per heavy atom. The molecular weight excluding hydrogens is 253 g/mol. The van der Waals surface area contributed by atoms with Crippen LogP contribution in [0.15, 0.2) is 29.8 Å². The number of hydrogen-bond donors (Lipinski definition) is 0. The van der Waals surface area contributed by atoms with Crippen molar-refractivity contribution in [1.82, 2.24) is 4.98 Å². The molecule has 2 heterocycles. The first-order chi connectivity index (χ1) is 7.18. The number of carbonyl (C=O) groups excluding carboxylic acids is 1. The fourth-order valence-electron chi connectivity index (χ4n) is 1.11. The van der Waals surface area contributed by atoms with Crippen LogP contribution in [0.2, 0.25) is 10.0 Å². The predicted molar refractivity (Wildman–Crippen MR) is 62.0 cm³/mol. The molecule has 0 aliphatic heterocycles. The summed E-state index contributed by atoms with van der Waals surface area (Å²) < 4.78 is 0. The monoisotopic (exact) mass is 257 g/mol. The molecule has 0 spiro atoms. The van der Waals surface area contributed by atoms with E-state index in [2.05, 4.69) is 4.98 Å². The highest BCUT2D eigenvalue weighted by molar-refractivity contribution is 7.12. The van der Waals surface area contributed by atoms with Crippen molar-refractivity contribution in [1.29, 1.82) is 0 Å². The van der Waals surface area contributed by atoms with E-state index in [1.54, 1.807) is 6.07 Å². The van der Waals surface area contributed by atoms with Crippen molar-refractivity contribution in [3.63, 3.8) is 0 Å². The summed E-state index contributed by atoms with van der Waals surface area (Å²) in [6.07, 6.45) is 1.41. The van der Waals surface area contributed by atoms with Gasteiger partial charge < -0.3 is 0 Å². The molecule has 0 aliphatic rings. The van der Waals surface area contributed by atoms with Crippen molar-refractivity contribution in [3.05, 3.63) is 50.4 Å². The highest BCUT2D eigenvalue weighted by atomic mass is 35.5. The SMILES string of the molecule is O=C(c1cccs1)c1ncc(Cl)cc1Cl. The van der Waals surface area contributed by atoms with Crippen molar-refractivity contribution in [3.8, 4) is 0 Å². The molecule has 0 aromatic carbocycles. The van der Waals surface area contributed by atoms with E-state index in [0.717, 1.165) is 0 Å². The molecule has 0 saturated heterocycles. The Labute approximate surface area is 100 Å². The average molecular weight is 258 g/mol. The standard InChI is InChI=1S/C10H5Cl2NOS/c11-6-4-7(12)9(13-5-6)10(14)8-2-1-3-15-8/h1-5H. The number of ketones is 1. The number of aromatic nitrogens is 1. The molecule has 0 saturated carbocycles. The Kier molecular flexibility index (Phi) is 3.05. The maximum atomic E-state index is 11.9. The Bertz CT molecular complexity index is 496. The van der Waals surface area contributed by atoms with Crippen LogP contribution in [-0.2, 0) is 0 Å². The van der Waals surface area contributed by atoms with Crippen molar-refractivity contribution in [2.24, 2.45) is 0 Å². The van der Waals surface area contributed by atoms with Crippen molar-refractivity contribution >= 4 is 40.3 Å². The van der Waals surface area contributed by atoms with E-state index < -0.39 is 0 Å². The van der Waals surface area contributed by atoms with Gasteiger partial charge >= 0.3 is 0 Å². The summed E-state index contributed by atoms with van der Waals surface area (Å²) in [5.41, 5.74) is 0.239. The number of pyridine rings is 1. The highest BCUT2D eigenvalue weighted by Gasteiger charge is 2.15. The molecule has 76 valence electrons. The van der Waals surface area contributed by atoms with E-state index in [9.17, 15) is 4.79 Å². The van der Waals surface area contributed by atoms with E-state index in [1.165, 1.54) is 23.6 Å². The Hall–Kier alpha value is -0.900. The predicted octanol–water partition coefficient (Wildman–Crippen LogP) is 3.68. The Balaban J connectivity index is 2.42. The van der Waals surface area contributed by atoms with Gasteiger partial charge in [0, 0.05) is 6.20 Å². The topological polar surface area (TPSA) is 30.0 Å². The van der Waals surface area contributed by atoms with E-state index >= 15 is 0 Å². The molecule has 2 aromatic rings. The summed E-state index contributed by atoms with van der Waals surface area (Å²) in [5.74, 6) is -0.174. The molecule has 2 rings (SSSR count). The molecule has 15 heavy (non-hydrogen) atoms. The molecule has 0 amide bonds. The van der Waals surface area contributed by atoms with Crippen molar-refractivity contribution < 1.29 is 4.79 Å². The second kappa shape index (κ2) is 4.31. The van der Waals surface area contributed by atoms with Crippen LogP contribution in [0.25, 0.3) is 0 Å². The molecule has 5 heteroatoms. The lowest BCUT2D eigenvalue weighted by Crippen LogP contribution is -2.02. The molecule has 0 radical (unpaired) electrons. The largest absolute Gasteiger partial charge is 0.286 e. The molecule has 0 unspecified atom stereocenters.